The Labute approximate surface area is 222 Å². The van der Waals surface area contributed by atoms with Gasteiger partial charge in [-0.15, -0.1) is 10.2 Å². The van der Waals surface area contributed by atoms with Crippen LogP contribution < -0.4 is 15.4 Å². The minimum atomic E-state index is -4.65. The first-order valence-electron chi connectivity index (χ1n) is 11.0. The number of hydrogen-bond acceptors (Lipinski definition) is 10. The first-order chi connectivity index (χ1) is 17.8. The van der Waals surface area contributed by atoms with Gasteiger partial charge in [0.25, 0.3) is 0 Å². The molecule has 0 saturated carbocycles. The average molecular weight is 576 g/mol. The second-order valence-corrected chi connectivity index (χ2v) is 10.2. The molecule has 1 aliphatic heterocycles. The van der Waals surface area contributed by atoms with Gasteiger partial charge in [0.05, 0.1) is 30.4 Å². The maximum atomic E-state index is 13.0. The van der Waals surface area contributed by atoms with E-state index in [2.05, 4.69) is 35.7 Å². The highest BCUT2D eigenvalue weighted by molar-refractivity contribution is 8.01. The van der Waals surface area contributed by atoms with Crippen molar-refractivity contribution in [3.8, 4) is 5.88 Å². The highest BCUT2D eigenvalue weighted by atomic mass is 35.5. The lowest BCUT2D eigenvalue weighted by Crippen LogP contribution is -2.37. The van der Waals surface area contributed by atoms with Gasteiger partial charge in [-0.25, -0.2) is 14.8 Å². The van der Waals surface area contributed by atoms with E-state index in [1.165, 1.54) is 24.2 Å². The molecular formula is C21H21ClF3N7O3S2. The molecule has 2 N–H and O–H groups in total. The summed E-state index contributed by atoms with van der Waals surface area (Å²) in [5.41, 5.74) is -1.13. The van der Waals surface area contributed by atoms with Crippen molar-refractivity contribution >= 4 is 51.5 Å². The van der Waals surface area contributed by atoms with Gasteiger partial charge in [0.1, 0.15) is 11.4 Å². The summed E-state index contributed by atoms with van der Waals surface area (Å²) in [4.78, 5) is 22.8. The predicted octanol–water partition coefficient (Wildman–Crippen LogP) is 4.90. The van der Waals surface area contributed by atoms with Gasteiger partial charge < -0.3 is 14.8 Å². The molecule has 37 heavy (non-hydrogen) atoms. The molecule has 0 atom stereocenters. The van der Waals surface area contributed by atoms with E-state index in [4.69, 9.17) is 21.1 Å². The highest BCUT2D eigenvalue weighted by Gasteiger charge is 2.33. The van der Waals surface area contributed by atoms with Gasteiger partial charge in [0, 0.05) is 31.4 Å². The van der Waals surface area contributed by atoms with Gasteiger partial charge in [-0.1, -0.05) is 22.9 Å². The molecule has 0 aliphatic carbocycles. The molecule has 0 unspecified atom stereocenters. The quantitative estimate of drug-likeness (QED) is 0.209. The number of amides is 2. The molecule has 198 valence electrons. The van der Waals surface area contributed by atoms with Crippen LogP contribution in [0, 0.1) is 0 Å². The fraction of sp³-hybridized carbons (Fsp3) is 0.381. The molecular weight excluding hydrogens is 555 g/mol. The summed E-state index contributed by atoms with van der Waals surface area (Å²) in [7, 11) is 0. The fourth-order valence-electron chi connectivity index (χ4n) is 3.22. The second-order valence-electron chi connectivity index (χ2n) is 7.60. The third-order valence-corrected chi connectivity index (χ3v) is 7.09. The van der Waals surface area contributed by atoms with Crippen LogP contribution in [0.5, 0.6) is 5.88 Å². The molecule has 0 spiro atoms. The van der Waals surface area contributed by atoms with E-state index >= 15 is 0 Å². The Morgan fingerprint density at radius 3 is 2.78 bits per heavy atom. The number of carbonyl (C=O) groups is 1. The molecule has 16 heteroatoms. The summed E-state index contributed by atoms with van der Waals surface area (Å²) >= 11 is 7.87. The van der Waals surface area contributed by atoms with Crippen molar-refractivity contribution in [2.45, 2.75) is 22.0 Å². The molecule has 1 saturated heterocycles. The minimum absolute atomic E-state index is 0.0770. The van der Waals surface area contributed by atoms with Crippen molar-refractivity contribution in [3.05, 3.63) is 41.2 Å². The van der Waals surface area contributed by atoms with E-state index in [1.807, 2.05) is 0 Å². The molecule has 2 aromatic heterocycles. The second kappa shape index (κ2) is 12.7. The lowest BCUT2D eigenvalue weighted by Gasteiger charge is -2.26. The number of rotatable bonds is 9. The Balaban J connectivity index is 1.26. The maximum absolute atomic E-state index is 13.0. The van der Waals surface area contributed by atoms with Gasteiger partial charge >= 0.3 is 12.2 Å². The molecule has 0 bridgehead atoms. The van der Waals surface area contributed by atoms with Crippen molar-refractivity contribution < 1.29 is 27.4 Å². The van der Waals surface area contributed by atoms with Crippen LogP contribution in [-0.4, -0.2) is 70.6 Å². The Morgan fingerprint density at radius 2 is 2.00 bits per heavy atom. The van der Waals surface area contributed by atoms with Gasteiger partial charge in [0.15, 0.2) is 4.34 Å². The van der Waals surface area contributed by atoms with Crippen LogP contribution in [0.15, 0.2) is 40.0 Å². The van der Waals surface area contributed by atoms with Gasteiger partial charge in [-0.05, 0) is 36.4 Å². The molecule has 3 heterocycles. The van der Waals surface area contributed by atoms with Gasteiger partial charge in [-0.3, -0.25) is 10.2 Å². The number of anilines is 2. The van der Waals surface area contributed by atoms with Crippen LogP contribution in [0.1, 0.15) is 12.0 Å². The molecule has 3 aromatic rings. The Hall–Kier alpha value is -2.72. The molecule has 10 nitrogen and oxygen atoms in total. The zero-order valence-corrected chi connectivity index (χ0v) is 21.5. The van der Waals surface area contributed by atoms with Crippen LogP contribution in [0.2, 0.25) is 5.02 Å². The average Bonchev–Trinajstić information content (AvgIpc) is 3.29. The van der Waals surface area contributed by atoms with Crippen molar-refractivity contribution in [1.29, 1.82) is 0 Å². The minimum Gasteiger partial charge on any atom is -0.478 e. The molecule has 1 fully saturated rings. The first-order valence-corrected chi connectivity index (χ1v) is 13.0. The summed E-state index contributed by atoms with van der Waals surface area (Å²) in [5.74, 6) is 0.433. The van der Waals surface area contributed by atoms with E-state index in [1.54, 1.807) is 6.07 Å². The number of urea groups is 1. The monoisotopic (exact) mass is 575 g/mol. The highest BCUT2D eigenvalue weighted by Crippen LogP contribution is 2.36. The molecule has 0 radical (unpaired) electrons. The largest absolute Gasteiger partial charge is 0.478 e. The van der Waals surface area contributed by atoms with Crippen LogP contribution >= 0.6 is 34.7 Å². The normalized spacial score (nSPS) is 14.4. The molecule has 4 rings (SSSR count). The number of nitrogens with one attached hydrogen (secondary N) is 2. The third-order valence-electron chi connectivity index (χ3n) is 4.94. The Morgan fingerprint density at radius 1 is 1.19 bits per heavy atom. The van der Waals surface area contributed by atoms with E-state index in [9.17, 15) is 18.0 Å². The van der Waals surface area contributed by atoms with E-state index in [0.29, 0.717) is 21.9 Å². The fourth-order valence-corrected chi connectivity index (χ4v) is 5.09. The Bertz CT molecular complexity index is 1210. The SMILES string of the molecule is O=C(Nc1ccc(Cl)c(C(F)(F)F)c1)Nc1nnc(Sc2cc(OCCCN3CCOCC3)ncn2)s1. The van der Waals surface area contributed by atoms with Crippen molar-refractivity contribution in [2.75, 3.05) is 50.1 Å². The van der Waals surface area contributed by atoms with Crippen LogP contribution in [0.4, 0.5) is 28.8 Å². The molecule has 1 aromatic carbocycles. The summed E-state index contributed by atoms with van der Waals surface area (Å²) in [6, 6.07) is 3.97. The Kier molecular flexibility index (Phi) is 9.37. The van der Waals surface area contributed by atoms with Gasteiger partial charge in [-0.2, -0.15) is 13.2 Å². The smallest absolute Gasteiger partial charge is 0.417 e. The van der Waals surface area contributed by atoms with Crippen LogP contribution in [-0.2, 0) is 10.9 Å². The number of ether oxygens (including phenoxy) is 2. The number of carbonyl (C=O) groups excluding carboxylic acids is 1. The van der Waals surface area contributed by atoms with Crippen molar-refractivity contribution in [2.24, 2.45) is 0 Å². The topological polar surface area (TPSA) is 114 Å². The van der Waals surface area contributed by atoms with E-state index < -0.39 is 22.8 Å². The molecule has 1 aliphatic rings. The number of nitrogens with zero attached hydrogens (tertiary/aromatic N) is 5. The zero-order valence-electron chi connectivity index (χ0n) is 19.1. The predicted molar refractivity (Wildman–Crippen MR) is 133 cm³/mol. The van der Waals surface area contributed by atoms with Crippen LogP contribution in [0.3, 0.4) is 0 Å². The number of morpholine rings is 1. The summed E-state index contributed by atoms with van der Waals surface area (Å²) in [6.07, 6.45) is -2.41. The van der Waals surface area contributed by atoms with Crippen molar-refractivity contribution in [1.82, 2.24) is 25.1 Å². The van der Waals surface area contributed by atoms with E-state index in [0.717, 1.165) is 62.7 Å². The number of halogens is 4. The lowest BCUT2D eigenvalue weighted by molar-refractivity contribution is -0.137. The summed E-state index contributed by atoms with van der Waals surface area (Å²) in [5, 5.41) is 12.9. The van der Waals surface area contributed by atoms with Crippen molar-refractivity contribution in [3.63, 3.8) is 0 Å². The van der Waals surface area contributed by atoms with Gasteiger partial charge in [0.2, 0.25) is 11.0 Å². The summed E-state index contributed by atoms with van der Waals surface area (Å²) < 4.78 is 50.6. The van der Waals surface area contributed by atoms with Crippen LogP contribution in [0.25, 0.3) is 0 Å². The van der Waals surface area contributed by atoms with E-state index in [-0.39, 0.29) is 10.8 Å². The standard InChI is InChI=1S/C21H21ClF3N7O3S2/c22-15-3-2-13(10-14(15)21(23,24)25)28-18(33)29-19-30-31-20(37-19)36-17-11-16(26-12-27-17)35-7-1-4-32-5-8-34-9-6-32/h2-3,10-12H,1,4-9H2,(H2,28,29,30,33). The molecule has 2 amide bonds. The third kappa shape index (κ3) is 8.39. The number of benzene rings is 1. The summed E-state index contributed by atoms with van der Waals surface area (Å²) in [6.45, 7) is 4.80. The number of alkyl halides is 3. The first kappa shape index (κ1) is 27.3. The maximum Gasteiger partial charge on any atom is 0.417 e. The lowest BCUT2D eigenvalue weighted by atomic mass is 10.2. The number of aromatic nitrogens is 4. The zero-order chi connectivity index (χ0) is 26.3. The number of hydrogen-bond donors (Lipinski definition) is 2.